The molecular weight excluding hydrogens is 282 g/mol. The lowest BCUT2D eigenvalue weighted by Crippen LogP contribution is -2.25. The molecule has 0 amide bonds. The second kappa shape index (κ2) is 7.56. The molecule has 0 aliphatic carbocycles. The Labute approximate surface area is 129 Å². The van der Waals surface area contributed by atoms with E-state index in [0.717, 1.165) is 11.3 Å². The Bertz CT molecular complexity index is 706. The minimum absolute atomic E-state index is 0.149. The van der Waals surface area contributed by atoms with Crippen molar-refractivity contribution in [1.29, 1.82) is 0 Å². The zero-order chi connectivity index (χ0) is 15.9. The van der Waals surface area contributed by atoms with E-state index in [4.69, 9.17) is 9.47 Å². The van der Waals surface area contributed by atoms with Gasteiger partial charge in [0.05, 0.1) is 18.4 Å². The van der Waals surface area contributed by atoms with Gasteiger partial charge < -0.3 is 14.0 Å². The molecule has 0 aliphatic rings. The molecule has 0 fully saturated rings. The number of nitrogens with zero attached hydrogens (tertiary/aromatic N) is 1. The zero-order valence-electron chi connectivity index (χ0n) is 12.7. The molecule has 0 saturated heterocycles. The van der Waals surface area contributed by atoms with Crippen molar-refractivity contribution in [2.24, 2.45) is 0 Å². The van der Waals surface area contributed by atoms with E-state index in [1.54, 1.807) is 30.9 Å². The van der Waals surface area contributed by atoms with Crippen molar-refractivity contribution in [3.05, 3.63) is 52.3 Å². The molecular formula is C17H19NO4. The summed E-state index contributed by atoms with van der Waals surface area (Å²) in [5.74, 6) is 0.682. The first kappa shape index (κ1) is 16.0. The van der Waals surface area contributed by atoms with E-state index in [0.29, 0.717) is 31.6 Å². The van der Waals surface area contributed by atoms with Gasteiger partial charge in [-0.05, 0) is 30.7 Å². The highest BCUT2D eigenvalue weighted by atomic mass is 16.5. The van der Waals surface area contributed by atoms with Crippen LogP contribution >= 0.6 is 0 Å². The van der Waals surface area contributed by atoms with Crippen molar-refractivity contribution in [2.75, 3.05) is 20.8 Å². The molecule has 0 aliphatic heterocycles. The van der Waals surface area contributed by atoms with Crippen LogP contribution in [0.15, 0.2) is 41.2 Å². The Hall–Kier alpha value is -2.40. The number of hydrogen-bond acceptors (Lipinski definition) is 4. The number of aldehydes is 1. The second-order valence-electron chi connectivity index (χ2n) is 4.80. The molecule has 0 bridgehead atoms. The summed E-state index contributed by atoms with van der Waals surface area (Å²) in [7, 11) is 3.21. The SMILES string of the molecule is COCCCn1c(-c2ccccc2OC)ccc(C=O)c1=O. The minimum Gasteiger partial charge on any atom is -0.496 e. The van der Waals surface area contributed by atoms with Gasteiger partial charge in [0.15, 0.2) is 6.29 Å². The average molecular weight is 301 g/mol. The van der Waals surface area contributed by atoms with Gasteiger partial charge in [-0.2, -0.15) is 0 Å². The molecule has 0 unspecified atom stereocenters. The standard InChI is InChI=1S/C17H19NO4/c1-21-11-5-10-18-15(9-8-13(12-19)17(18)20)14-6-3-4-7-16(14)22-2/h3-4,6-9,12H,5,10-11H2,1-2H3. The fourth-order valence-corrected chi connectivity index (χ4v) is 2.37. The number of aromatic nitrogens is 1. The lowest BCUT2D eigenvalue weighted by Gasteiger charge is -2.15. The third kappa shape index (κ3) is 3.26. The molecule has 0 atom stereocenters. The highest BCUT2D eigenvalue weighted by Gasteiger charge is 2.13. The summed E-state index contributed by atoms with van der Waals surface area (Å²) in [6.45, 7) is 1.02. The first-order valence-electron chi connectivity index (χ1n) is 7.04. The number of rotatable bonds is 7. The van der Waals surface area contributed by atoms with Crippen LogP contribution in [0.2, 0.25) is 0 Å². The predicted molar refractivity (Wildman–Crippen MR) is 84.6 cm³/mol. The lowest BCUT2D eigenvalue weighted by molar-refractivity contribution is 0.112. The van der Waals surface area contributed by atoms with Crippen molar-refractivity contribution in [3.63, 3.8) is 0 Å². The van der Waals surface area contributed by atoms with Gasteiger partial charge in [-0.15, -0.1) is 0 Å². The van der Waals surface area contributed by atoms with Gasteiger partial charge in [-0.1, -0.05) is 12.1 Å². The summed E-state index contributed by atoms with van der Waals surface area (Å²) in [6.07, 6.45) is 1.27. The van der Waals surface area contributed by atoms with Crippen molar-refractivity contribution < 1.29 is 14.3 Å². The van der Waals surface area contributed by atoms with Crippen molar-refractivity contribution in [3.8, 4) is 17.0 Å². The van der Waals surface area contributed by atoms with Crippen molar-refractivity contribution in [1.82, 2.24) is 4.57 Å². The topological polar surface area (TPSA) is 57.5 Å². The summed E-state index contributed by atoms with van der Waals surface area (Å²) < 4.78 is 12.0. The van der Waals surface area contributed by atoms with E-state index in [9.17, 15) is 9.59 Å². The number of para-hydroxylation sites is 1. The highest BCUT2D eigenvalue weighted by Crippen LogP contribution is 2.28. The van der Waals surface area contributed by atoms with E-state index in [1.165, 1.54) is 0 Å². The molecule has 0 spiro atoms. The van der Waals surface area contributed by atoms with E-state index >= 15 is 0 Å². The molecule has 0 radical (unpaired) electrons. The minimum atomic E-state index is -0.297. The van der Waals surface area contributed by atoms with Crippen molar-refractivity contribution in [2.45, 2.75) is 13.0 Å². The predicted octanol–water partition coefficient (Wildman–Crippen LogP) is 2.37. The molecule has 1 aromatic heterocycles. The largest absolute Gasteiger partial charge is 0.496 e. The van der Waals surface area contributed by atoms with Crippen LogP contribution in [-0.4, -0.2) is 31.7 Å². The fraction of sp³-hybridized carbons (Fsp3) is 0.294. The third-order valence-electron chi connectivity index (χ3n) is 3.44. The van der Waals surface area contributed by atoms with Crippen LogP contribution in [0.25, 0.3) is 11.3 Å². The van der Waals surface area contributed by atoms with E-state index in [1.807, 2.05) is 24.3 Å². The number of benzene rings is 1. The summed E-state index contributed by atoms with van der Waals surface area (Å²) in [5, 5.41) is 0. The molecule has 22 heavy (non-hydrogen) atoms. The van der Waals surface area contributed by atoms with E-state index < -0.39 is 0 Å². The van der Waals surface area contributed by atoms with Crippen molar-refractivity contribution >= 4 is 6.29 Å². The number of methoxy groups -OCH3 is 2. The molecule has 2 rings (SSSR count). The number of carbonyl (C=O) groups is 1. The fourth-order valence-electron chi connectivity index (χ4n) is 2.37. The zero-order valence-corrected chi connectivity index (χ0v) is 12.7. The average Bonchev–Trinajstić information content (AvgIpc) is 2.56. The molecule has 1 heterocycles. The maximum atomic E-state index is 12.4. The normalized spacial score (nSPS) is 10.5. The quantitative estimate of drug-likeness (QED) is 0.582. The molecule has 2 aromatic rings. The summed E-state index contributed by atoms with van der Waals surface area (Å²) in [4.78, 5) is 23.5. The summed E-state index contributed by atoms with van der Waals surface area (Å²) in [6, 6.07) is 10.8. The Kier molecular flexibility index (Phi) is 5.49. The van der Waals surface area contributed by atoms with E-state index in [2.05, 4.69) is 0 Å². The Morgan fingerprint density at radius 3 is 2.59 bits per heavy atom. The maximum absolute atomic E-state index is 12.4. The van der Waals surface area contributed by atoms with Gasteiger partial charge in [0.2, 0.25) is 0 Å². The monoisotopic (exact) mass is 301 g/mol. The Morgan fingerprint density at radius 2 is 1.91 bits per heavy atom. The number of hydrogen-bond donors (Lipinski definition) is 0. The maximum Gasteiger partial charge on any atom is 0.261 e. The molecule has 1 aromatic carbocycles. The first-order chi connectivity index (χ1) is 10.7. The van der Waals surface area contributed by atoms with Crippen LogP contribution < -0.4 is 10.3 Å². The Morgan fingerprint density at radius 1 is 1.14 bits per heavy atom. The van der Waals surface area contributed by atoms with Crippen LogP contribution in [-0.2, 0) is 11.3 Å². The molecule has 116 valence electrons. The molecule has 0 saturated carbocycles. The van der Waals surface area contributed by atoms with Crippen LogP contribution in [0.5, 0.6) is 5.75 Å². The third-order valence-corrected chi connectivity index (χ3v) is 3.44. The van der Waals surface area contributed by atoms with Crippen LogP contribution in [0, 0.1) is 0 Å². The smallest absolute Gasteiger partial charge is 0.261 e. The molecule has 0 N–H and O–H groups in total. The van der Waals surface area contributed by atoms with Gasteiger partial charge in [0.25, 0.3) is 5.56 Å². The molecule has 5 heteroatoms. The number of pyridine rings is 1. The van der Waals surface area contributed by atoms with Gasteiger partial charge in [0.1, 0.15) is 5.75 Å². The van der Waals surface area contributed by atoms with Crippen LogP contribution in [0.3, 0.4) is 0 Å². The van der Waals surface area contributed by atoms with Crippen LogP contribution in [0.1, 0.15) is 16.8 Å². The van der Waals surface area contributed by atoms with Gasteiger partial charge >= 0.3 is 0 Å². The van der Waals surface area contributed by atoms with Gasteiger partial charge in [-0.25, -0.2) is 0 Å². The number of carbonyl (C=O) groups excluding carboxylic acids is 1. The highest BCUT2D eigenvalue weighted by molar-refractivity contribution is 5.76. The lowest BCUT2D eigenvalue weighted by atomic mass is 10.1. The van der Waals surface area contributed by atoms with E-state index in [-0.39, 0.29) is 11.1 Å². The Balaban J connectivity index is 2.57. The number of ether oxygens (including phenoxy) is 2. The second-order valence-corrected chi connectivity index (χ2v) is 4.80. The molecule has 5 nitrogen and oxygen atoms in total. The van der Waals surface area contributed by atoms with Crippen LogP contribution in [0.4, 0.5) is 0 Å². The summed E-state index contributed by atoms with van der Waals surface area (Å²) >= 11 is 0. The van der Waals surface area contributed by atoms with Gasteiger partial charge in [-0.3, -0.25) is 9.59 Å². The first-order valence-corrected chi connectivity index (χ1v) is 7.04. The summed E-state index contributed by atoms with van der Waals surface area (Å²) in [5.41, 5.74) is 1.40. The van der Waals surface area contributed by atoms with Gasteiger partial charge in [0, 0.05) is 25.8 Å².